The first-order chi connectivity index (χ1) is 17.3. The number of imidazole rings is 1. The quantitative estimate of drug-likeness (QED) is 0.320. The Hall–Kier alpha value is -3.83. The third kappa shape index (κ3) is 5.37. The molecule has 0 bridgehead atoms. The lowest BCUT2D eigenvalue weighted by Crippen LogP contribution is -2.30. The largest absolute Gasteiger partial charge is 0.329 e. The van der Waals surface area contributed by atoms with Gasteiger partial charge in [0.25, 0.3) is 0 Å². The lowest BCUT2D eigenvalue weighted by Gasteiger charge is -2.18. The highest BCUT2D eigenvalue weighted by molar-refractivity contribution is 5.83. The predicted molar refractivity (Wildman–Crippen MR) is 134 cm³/mol. The molecule has 0 amide bonds. The maximum absolute atomic E-state index is 14.9. The zero-order chi connectivity index (χ0) is 25.8. The fourth-order valence-corrected chi connectivity index (χ4v) is 4.17. The van der Waals surface area contributed by atoms with Gasteiger partial charge < -0.3 is 20.4 Å². The zero-order valence-corrected chi connectivity index (χ0v) is 20.4. The third-order valence-corrected chi connectivity index (χ3v) is 5.71. The van der Waals surface area contributed by atoms with Crippen LogP contribution in [0, 0.1) is 18.6 Å². The van der Waals surface area contributed by atoms with Crippen LogP contribution < -0.4 is 11.1 Å². The highest BCUT2D eigenvalue weighted by Crippen LogP contribution is 2.30. The monoisotopic (exact) mass is 494 g/mol. The molecule has 11 heteroatoms. The molecule has 0 aliphatic carbocycles. The van der Waals surface area contributed by atoms with Crippen molar-refractivity contribution in [3.8, 4) is 11.3 Å². The number of pyridine rings is 1. The van der Waals surface area contributed by atoms with Crippen LogP contribution in [-0.2, 0) is 11.3 Å². The van der Waals surface area contributed by atoms with Crippen molar-refractivity contribution in [2.75, 3.05) is 25.0 Å². The van der Waals surface area contributed by atoms with Gasteiger partial charge in [0.05, 0.1) is 18.3 Å². The molecule has 0 fully saturated rings. The molecule has 4 aromatic rings. The lowest BCUT2D eigenvalue weighted by molar-refractivity contribution is -0.108. The van der Waals surface area contributed by atoms with E-state index in [1.54, 1.807) is 18.3 Å². The molecule has 36 heavy (non-hydrogen) atoms. The minimum absolute atomic E-state index is 0.0367. The summed E-state index contributed by atoms with van der Waals surface area (Å²) in [6.07, 6.45) is 3.54. The molecule has 0 saturated carbocycles. The average molecular weight is 495 g/mol. The van der Waals surface area contributed by atoms with Gasteiger partial charge in [0.2, 0.25) is 5.95 Å². The molecule has 1 aromatic carbocycles. The molecule has 0 radical (unpaired) electrons. The number of hydrogen-bond donors (Lipinski definition) is 2. The van der Waals surface area contributed by atoms with Crippen LogP contribution in [-0.4, -0.2) is 55.3 Å². The SMILES string of the molecule is Cc1nc2c(F)cc(-c3nc(Nc4ccc(CN(CC=O)CCN)cn4)ncc3F)cc2n1C(C)C. The van der Waals surface area contributed by atoms with Gasteiger partial charge >= 0.3 is 0 Å². The normalized spacial score (nSPS) is 11.6. The van der Waals surface area contributed by atoms with Crippen LogP contribution in [0.4, 0.5) is 20.5 Å². The average Bonchev–Trinajstić information content (AvgIpc) is 3.18. The van der Waals surface area contributed by atoms with E-state index in [0.717, 1.165) is 18.0 Å². The van der Waals surface area contributed by atoms with Crippen LogP contribution in [0.1, 0.15) is 31.3 Å². The van der Waals surface area contributed by atoms with Crippen LogP contribution in [0.25, 0.3) is 22.3 Å². The number of nitrogens with one attached hydrogen (secondary N) is 1. The van der Waals surface area contributed by atoms with Crippen molar-refractivity contribution in [2.45, 2.75) is 33.4 Å². The van der Waals surface area contributed by atoms with Gasteiger partial charge in [-0.25, -0.2) is 28.7 Å². The molecular formula is C25H28F2N8O. The number of rotatable bonds is 10. The number of aldehydes is 1. The van der Waals surface area contributed by atoms with E-state index in [0.29, 0.717) is 36.8 Å². The topological polar surface area (TPSA) is 115 Å². The Labute approximate surface area is 207 Å². The van der Waals surface area contributed by atoms with Crippen molar-refractivity contribution < 1.29 is 13.6 Å². The van der Waals surface area contributed by atoms with E-state index in [1.165, 1.54) is 6.07 Å². The maximum atomic E-state index is 14.9. The number of fused-ring (bicyclic) bond motifs is 1. The summed E-state index contributed by atoms with van der Waals surface area (Å²) in [5.74, 6) is 0.0187. The first-order valence-corrected chi connectivity index (χ1v) is 11.6. The molecule has 4 rings (SSSR count). The second kappa shape index (κ2) is 10.8. The van der Waals surface area contributed by atoms with Crippen molar-refractivity contribution >= 4 is 29.1 Å². The number of nitrogens with zero attached hydrogens (tertiary/aromatic N) is 6. The van der Waals surface area contributed by atoms with Crippen molar-refractivity contribution in [1.82, 2.24) is 29.4 Å². The first kappa shape index (κ1) is 25.3. The van der Waals surface area contributed by atoms with Gasteiger partial charge in [-0.15, -0.1) is 0 Å². The summed E-state index contributed by atoms with van der Waals surface area (Å²) in [6.45, 7) is 7.61. The van der Waals surface area contributed by atoms with E-state index in [9.17, 15) is 13.6 Å². The minimum atomic E-state index is -0.676. The number of hydrogen-bond acceptors (Lipinski definition) is 8. The molecule has 3 N–H and O–H groups in total. The highest BCUT2D eigenvalue weighted by atomic mass is 19.1. The molecule has 0 unspecified atom stereocenters. The van der Waals surface area contributed by atoms with Crippen LogP contribution in [0.2, 0.25) is 0 Å². The third-order valence-electron chi connectivity index (χ3n) is 5.71. The second-order valence-electron chi connectivity index (χ2n) is 8.71. The van der Waals surface area contributed by atoms with Gasteiger partial charge in [-0.05, 0) is 44.5 Å². The van der Waals surface area contributed by atoms with Crippen LogP contribution in [0.15, 0.2) is 36.7 Å². The number of anilines is 2. The number of nitrogens with two attached hydrogens (primary N) is 1. The van der Waals surface area contributed by atoms with E-state index in [2.05, 4.69) is 25.3 Å². The van der Waals surface area contributed by atoms with Gasteiger partial charge in [0, 0.05) is 37.4 Å². The van der Waals surface area contributed by atoms with Crippen LogP contribution in [0.5, 0.6) is 0 Å². The van der Waals surface area contributed by atoms with E-state index in [4.69, 9.17) is 5.73 Å². The molecule has 9 nitrogen and oxygen atoms in total. The molecular weight excluding hydrogens is 466 g/mol. The summed E-state index contributed by atoms with van der Waals surface area (Å²) in [5.41, 5.74) is 7.55. The number of benzene rings is 1. The smallest absolute Gasteiger partial charge is 0.229 e. The Kier molecular flexibility index (Phi) is 7.61. The fraction of sp³-hybridized carbons (Fsp3) is 0.320. The summed E-state index contributed by atoms with van der Waals surface area (Å²) in [6, 6.07) is 6.56. The van der Waals surface area contributed by atoms with Gasteiger partial charge in [0.15, 0.2) is 11.6 Å². The van der Waals surface area contributed by atoms with E-state index in [-0.39, 0.29) is 35.3 Å². The molecule has 0 spiro atoms. The number of aryl methyl sites for hydroxylation is 1. The number of carbonyl (C=O) groups is 1. The fourth-order valence-electron chi connectivity index (χ4n) is 4.17. The van der Waals surface area contributed by atoms with E-state index in [1.807, 2.05) is 36.3 Å². The Balaban J connectivity index is 1.60. The first-order valence-electron chi connectivity index (χ1n) is 11.6. The van der Waals surface area contributed by atoms with Crippen LogP contribution in [0.3, 0.4) is 0 Å². The molecule has 0 aliphatic heterocycles. The van der Waals surface area contributed by atoms with Crippen molar-refractivity contribution in [2.24, 2.45) is 5.73 Å². The Morgan fingerprint density at radius 2 is 1.94 bits per heavy atom. The molecule has 3 heterocycles. The van der Waals surface area contributed by atoms with Gasteiger partial charge in [-0.1, -0.05) is 6.07 Å². The summed E-state index contributed by atoms with van der Waals surface area (Å²) in [7, 11) is 0. The highest BCUT2D eigenvalue weighted by Gasteiger charge is 2.18. The number of carbonyl (C=O) groups excluding carboxylic acids is 1. The minimum Gasteiger partial charge on any atom is -0.329 e. The molecule has 0 atom stereocenters. The molecule has 0 saturated heterocycles. The van der Waals surface area contributed by atoms with E-state index < -0.39 is 11.6 Å². The molecule has 0 aliphatic rings. The Morgan fingerprint density at radius 3 is 2.61 bits per heavy atom. The van der Waals surface area contributed by atoms with Gasteiger partial charge in [-0.2, -0.15) is 0 Å². The van der Waals surface area contributed by atoms with E-state index >= 15 is 0 Å². The van der Waals surface area contributed by atoms with Crippen LogP contribution >= 0.6 is 0 Å². The number of aromatic nitrogens is 5. The summed E-state index contributed by atoms with van der Waals surface area (Å²) in [4.78, 5) is 29.7. The summed E-state index contributed by atoms with van der Waals surface area (Å²) in [5, 5.41) is 2.96. The van der Waals surface area contributed by atoms with Crippen molar-refractivity contribution in [1.29, 1.82) is 0 Å². The van der Waals surface area contributed by atoms with Crippen molar-refractivity contribution in [3.05, 3.63) is 59.7 Å². The lowest BCUT2D eigenvalue weighted by atomic mass is 10.1. The predicted octanol–water partition coefficient (Wildman–Crippen LogP) is 3.76. The van der Waals surface area contributed by atoms with Gasteiger partial charge in [0.1, 0.15) is 29.1 Å². The second-order valence-corrected chi connectivity index (χ2v) is 8.71. The summed E-state index contributed by atoms with van der Waals surface area (Å²) < 4.78 is 31.5. The molecule has 3 aromatic heterocycles. The standard InChI is InChI=1S/C25H28F2N8O/c1-15(2)35-16(3)31-24-19(26)10-18(11-21(24)35)23-20(27)13-30-25(33-23)32-22-5-4-17(12-29-22)14-34(7-6-28)8-9-36/h4-5,9-13,15H,6-8,14,28H2,1-3H3,(H,29,30,32,33). The Bertz CT molecular complexity index is 1370. The van der Waals surface area contributed by atoms with Gasteiger partial charge in [-0.3, -0.25) is 4.90 Å². The number of halogens is 2. The maximum Gasteiger partial charge on any atom is 0.229 e. The molecule has 188 valence electrons. The zero-order valence-electron chi connectivity index (χ0n) is 20.4. The van der Waals surface area contributed by atoms with Crippen molar-refractivity contribution in [3.63, 3.8) is 0 Å². The Morgan fingerprint density at radius 1 is 1.14 bits per heavy atom. The summed E-state index contributed by atoms with van der Waals surface area (Å²) >= 11 is 0.